The second-order valence-corrected chi connectivity index (χ2v) is 8.40. The normalized spacial score (nSPS) is 22.1. The number of thioether (sulfide) groups is 1. The smallest absolute Gasteiger partial charge is 0.215 e. The van der Waals surface area contributed by atoms with E-state index in [1.807, 2.05) is 12.3 Å². The minimum absolute atomic E-state index is 0.00344. The van der Waals surface area contributed by atoms with Crippen LogP contribution in [0.5, 0.6) is 0 Å². The number of ketones is 3. The van der Waals surface area contributed by atoms with Gasteiger partial charge in [0.25, 0.3) is 0 Å². The van der Waals surface area contributed by atoms with Gasteiger partial charge >= 0.3 is 0 Å². The van der Waals surface area contributed by atoms with E-state index in [-0.39, 0.29) is 35.7 Å². The number of allylic oxidation sites excluding steroid dienone is 2. The molecule has 2 bridgehead atoms. The number of benzene rings is 1. The van der Waals surface area contributed by atoms with Crippen molar-refractivity contribution in [3.8, 4) is 0 Å². The van der Waals surface area contributed by atoms with E-state index in [1.165, 1.54) is 16.7 Å². The van der Waals surface area contributed by atoms with Crippen LogP contribution in [-0.4, -0.2) is 41.1 Å². The fourth-order valence-corrected chi connectivity index (χ4v) is 5.30. The summed E-state index contributed by atoms with van der Waals surface area (Å²) >= 11 is 1.51. The summed E-state index contributed by atoms with van der Waals surface area (Å²) in [5, 5.41) is 0. The molecule has 6 nitrogen and oxygen atoms in total. The third-order valence-corrected chi connectivity index (χ3v) is 6.53. The van der Waals surface area contributed by atoms with Crippen LogP contribution < -0.4 is 4.90 Å². The standard InChI is InChI=1S/C22H18N2O4S/c1-29-11-24-19-18(20(27)14-4-2-3-5-15(14)21(19)28)17-12-6-7-16(26)13(8-12)9-23(10-25)22(17)24/h2-7,10,12-13H,8-9,11H2,1H3/t12-,13+/m0/s1. The van der Waals surface area contributed by atoms with Crippen LogP contribution in [0.4, 0.5) is 5.82 Å². The van der Waals surface area contributed by atoms with Crippen molar-refractivity contribution in [3.63, 3.8) is 0 Å². The maximum absolute atomic E-state index is 13.5. The lowest BCUT2D eigenvalue weighted by molar-refractivity contribution is -0.118. The zero-order valence-electron chi connectivity index (χ0n) is 15.8. The molecule has 3 aliphatic rings. The molecule has 0 saturated heterocycles. The van der Waals surface area contributed by atoms with E-state index >= 15 is 0 Å². The Hall–Kier alpha value is -2.93. The monoisotopic (exact) mass is 406 g/mol. The third kappa shape index (κ3) is 2.43. The lowest BCUT2D eigenvalue weighted by Gasteiger charge is -2.24. The van der Waals surface area contributed by atoms with E-state index in [0.717, 1.165) is 0 Å². The van der Waals surface area contributed by atoms with Gasteiger partial charge in [0, 0.05) is 35.1 Å². The Kier molecular flexibility index (Phi) is 4.10. The number of nitrogens with zero attached hydrogens (tertiary/aromatic N) is 2. The number of rotatable bonds is 3. The minimum atomic E-state index is -0.303. The predicted octanol–water partition coefficient (Wildman–Crippen LogP) is 2.79. The van der Waals surface area contributed by atoms with Crippen molar-refractivity contribution in [2.24, 2.45) is 5.92 Å². The largest absolute Gasteiger partial charge is 0.314 e. The zero-order chi connectivity index (χ0) is 20.3. The van der Waals surface area contributed by atoms with Gasteiger partial charge in [-0.3, -0.25) is 24.1 Å². The predicted molar refractivity (Wildman–Crippen MR) is 110 cm³/mol. The summed E-state index contributed by atoms with van der Waals surface area (Å²) in [6, 6.07) is 6.85. The van der Waals surface area contributed by atoms with Crippen molar-refractivity contribution < 1.29 is 19.2 Å². The molecule has 0 fully saturated rings. The molecule has 7 heteroatoms. The molecule has 0 radical (unpaired) electrons. The molecular weight excluding hydrogens is 388 g/mol. The summed E-state index contributed by atoms with van der Waals surface area (Å²) in [5.41, 5.74) is 2.21. The Morgan fingerprint density at radius 1 is 1.14 bits per heavy atom. The van der Waals surface area contributed by atoms with Crippen LogP contribution in [0.3, 0.4) is 0 Å². The number of aromatic nitrogens is 1. The number of anilines is 1. The van der Waals surface area contributed by atoms with Crippen molar-refractivity contribution in [2.75, 3.05) is 17.7 Å². The van der Waals surface area contributed by atoms with Crippen LogP contribution in [0.2, 0.25) is 0 Å². The first-order valence-corrected chi connectivity index (χ1v) is 10.8. The second kappa shape index (κ2) is 6.56. The number of carbonyl (C=O) groups is 4. The molecule has 0 saturated carbocycles. The average Bonchev–Trinajstić information content (AvgIpc) is 2.99. The number of carbonyl (C=O) groups excluding carboxylic acids is 4. The SMILES string of the molecule is CSCn1c2c(c3c1N(C=O)C[C@H]1C[C@@H]3C=CC1=O)C(=O)c1ccccc1C2=O. The Bertz CT molecular complexity index is 1130. The van der Waals surface area contributed by atoms with E-state index in [0.29, 0.717) is 52.5 Å². The van der Waals surface area contributed by atoms with Gasteiger partial charge in [-0.05, 0) is 18.8 Å². The Balaban J connectivity index is 1.86. The molecule has 1 aliphatic heterocycles. The molecule has 2 aromatic rings. The molecule has 2 heterocycles. The Morgan fingerprint density at radius 2 is 1.86 bits per heavy atom. The molecule has 0 unspecified atom stereocenters. The van der Waals surface area contributed by atoms with Gasteiger partial charge in [-0.15, -0.1) is 11.8 Å². The van der Waals surface area contributed by atoms with E-state index in [4.69, 9.17) is 0 Å². The number of fused-ring (bicyclic) bond motifs is 7. The molecule has 5 rings (SSSR count). The topological polar surface area (TPSA) is 76.5 Å². The lowest BCUT2D eigenvalue weighted by Crippen LogP contribution is -2.33. The summed E-state index contributed by atoms with van der Waals surface area (Å²) in [5.74, 6) is 0.116. The van der Waals surface area contributed by atoms with E-state index < -0.39 is 0 Å². The van der Waals surface area contributed by atoms with Gasteiger partial charge in [0.1, 0.15) is 11.5 Å². The number of amides is 1. The molecule has 0 spiro atoms. The van der Waals surface area contributed by atoms with Crippen molar-refractivity contribution in [1.29, 1.82) is 0 Å². The number of hydrogen-bond donors (Lipinski definition) is 0. The Labute approximate surface area is 171 Å². The van der Waals surface area contributed by atoms with Crippen LogP contribution in [-0.2, 0) is 15.5 Å². The molecule has 1 aromatic carbocycles. The van der Waals surface area contributed by atoms with Gasteiger partial charge in [0.05, 0.1) is 11.4 Å². The highest BCUT2D eigenvalue weighted by Crippen LogP contribution is 2.47. The van der Waals surface area contributed by atoms with Crippen LogP contribution in [0, 0.1) is 5.92 Å². The highest BCUT2D eigenvalue weighted by molar-refractivity contribution is 7.97. The van der Waals surface area contributed by atoms with Gasteiger partial charge in [-0.25, -0.2) is 0 Å². The second-order valence-electron chi connectivity index (χ2n) is 7.57. The van der Waals surface area contributed by atoms with Gasteiger partial charge in [0.2, 0.25) is 12.2 Å². The average molecular weight is 406 g/mol. The van der Waals surface area contributed by atoms with Crippen molar-refractivity contribution in [2.45, 2.75) is 18.2 Å². The molecule has 146 valence electrons. The van der Waals surface area contributed by atoms with Gasteiger partial charge < -0.3 is 4.57 Å². The minimum Gasteiger partial charge on any atom is -0.314 e. The first-order valence-electron chi connectivity index (χ1n) is 9.44. The molecule has 2 aliphatic carbocycles. The highest BCUT2D eigenvalue weighted by Gasteiger charge is 2.44. The van der Waals surface area contributed by atoms with Gasteiger partial charge in [-0.2, -0.15) is 0 Å². The first-order chi connectivity index (χ1) is 14.1. The fourth-order valence-electron chi connectivity index (χ4n) is 4.79. The first kappa shape index (κ1) is 18.1. The van der Waals surface area contributed by atoms with Gasteiger partial charge in [0.15, 0.2) is 11.6 Å². The quantitative estimate of drug-likeness (QED) is 0.625. The summed E-state index contributed by atoms with van der Waals surface area (Å²) in [6.07, 6.45) is 6.51. The van der Waals surface area contributed by atoms with E-state index in [1.54, 1.807) is 34.9 Å². The van der Waals surface area contributed by atoms with Crippen LogP contribution in [0.1, 0.15) is 49.9 Å². The fraction of sp³-hybridized carbons (Fsp3) is 0.273. The third-order valence-electron chi connectivity index (χ3n) is 6.01. The molecule has 0 N–H and O–H groups in total. The molecular formula is C22H18N2O4S. The summed E-state index contributed by atoms with van der Waals surface area (Å²) in [7, 11) is 0. The van der Waals surface area contributed by atoms with Crippen LogP contribution >= 0.6 is 11.8 Å². The summed E-state index contributed by atoms with van der Waals surface area (Å²) in [6.45, 7) is 0.253. The summed E-state index contributed by atoms with van der Waals surface area (Å²) < 4.78 is 1.79. The van der Waals surface area contributed by atoms with Gasteiger partial charge in [-0.1, -0.05) is 30.3 Å². The van der Waals surface area contributed by atoms with E-state index in [9.17, 15) is 19.2 Å². The van der Waals surface area contributed by atoms with Crippen molar-refractivity contribution >= 4 is 41.3 Å². The molecule has 1 amide bonds. The number of hydrogen-bond acceptors (Lipinski definition) is 5. The van der Waals surface area contributed by atoms with Crippen LogP contribution in [0.15, 0.2) is 36.4 Å². The van der Waals surface area contributed by atoms with E-state index in [2.05, 4.69) is 0 Å². The maximum Gasteiger partial charge on any atom is 0.215 e. The molecule has 1 aromatic heterocycles. The van der Waals surface area contributed by atoms with Crippen LogP contribution in [0.25, 0.3) is 0 Å². The maximum atomic E-state index is 13.5. The van der Waals surface area contributed by atoms with Crippen molar-refractivity contribution in [3.05, 3.63) is 64.4 Å². The lowest BCUT2D eigenvalue weighted by atomic mass is 9.79. The summed E-state index contributed by atoms with van der Waals surface area (Å²) in [4.78, 5) is 52.8. The Morgan fingerprint density at radius 3 is 2.55 bits per heavy atom. The molecule has 29 heavy (non-hydrogen) atoms. The highest BCUT2D eigenvalue weighted by atomic mass is 32.2. The molecule has 2 atom stereocenters. The zero-order valence-corrected chi connectivity index (χ0v) is 16.6. The van der Waals surface area contributed by atoms with Crippen molar-refractivity contribution in [1.82, 2.24) is 4.57 Å².